The molecular weight excluding hydrogens is 166 g/mol. The Morgan fingerprint density at radius 3 is 2.00 bits per heavy atom. The summed E-state index contributed by atoms with van der Waals surface area (Å²) in [5.41, 5.74) is 1.72. The summed E-state index contributed by atoms with van der Waals surface area (Å²) in [6.07, 6.45) is 1.28. The highest BCUT2D eigenvalue weighted by Gasteiger charge is 2.05. The van der Waals surface area contributed by atoms with Crippen molar-refractivity contribution in [1.29, 1.82) is 5.26 Å². The van der Waals surface area contributed by atoms with Gasteiger partial charge in [-0.2, -0.15) is 5.26 Å². The molecule has 0 spiro atoms. The van der Waals surface area contributed by atoms with Crippen LogP contribution in [0.2, 0.25) is 0 Å². The van der Waals surface area contributed by atoms with E-state index in [1.54, 1.807) is 6.92 Å². The van der Waals surface area contributed by atoms with Crippen molar-refractivity contribution in [3.05, 3.63) is 34.4 Å². The highest BCUT2D eigenvalue weighted by atomic mass is 16.1. The summed E-state index contributed by atoms with van der Waals surface area (Å²) < 4.78 is 0. The molecule has 3 heteroatoms. The Hall–Kier alpha value is -1.95. The zero-order valence-corrected chi connectivity index (χ0v) is 7.07. The van der Waals surface area contributed by atoms with E-state index in [1.165, 1.54) is 12.1 Å². The third-order valence-corrected chi connectivity index (χ3v) is 1.87. The van der Waals surface area contributed by atoms with Crippen molar-refractivity contribution in [2.75, 3.05) is 0 Å². The van der Waals surface area contributed by atoms with Crippen molar-refractivity contribution in [1.82, 2.24) is 0 Å². The molecule has 0 amide bonds. The predicted molar refractivity (Wildman–Crippen MR) is 46.7 cm³/mol. The van der Waals surface area contributed by atoms with Crippen LogP contribution in [0.25, 0.3) is 0 Å². The molecule has 0 atom stereocenters. The Labute approximate surface area is 75.6 Å². The average molecular weight is 173 g/mol. The maximum atomic E-state index is 10.5. The summed E-state index contributed by atoms with van der Waals surface area (Å²) in [5, 5.41) is 8.59. The molecule has 13 heavy (non-hydrogen) atoms. The van der Waals surface area contributed by atoms with Crippen LogP contribution in [0.5, 0.6) is 0 Å². The topological polar surface area (TPSA) is 57.9 Å². The summed E-state index contributed by atoms with van der Waals surface area (Å²) in [7, 11) is 0. The van der Waals surface area contributed by atoms with Crippen LogP contribution in [0.1, 0.15) is 31.8 Å². The Morgan fingerprint density at radius 2 is 1.69 bits per heavy atom. The van der Waals surface area contributed by atoms with Gasteiger partial charge in [0.15, 0.2) is 0 Å². The van der Waals surface area contributed by atoms with Crippen molar-refractivity contribution >= 4 is 12.6 Å². The number of nitrogens with zero attached hydrogens (tertiary/aromatic N) is 1. The number of nitriles is 1. The standard InChI is InChI=1S/C10H7NO2/c1-7-9(5-12)2-8(4-11)3-10(7)6-13/h2-3,5-6H,1H3. The van der Waals surface area contributed by atoms with E-state index in [0.717, 1.165) is 0 Å². The first-order valence-corrected chi connectivity index (χ1v) is 3.68. The normalized spacial score (nSPS) is 8.92. The third-order valence-electron chi connectivity index (χ3n) is 1.87. The molecule has 0 heterocycles. The van der Waals surface area contributed by atoms with E-state index in [0.29, 0.717) is 34.8 Å². The van der Waals surface area contributed by atoms with Crippen molar-refractivity contribution in [3.63, 3.8) is 0 Å². The van der Waals surface area contributed by atoms with E-state index in [-0.39, 0.29) is 0 Å². The van der Waals surface area contributed by atoms with E-state index in [4.69, 9.17) is 5.26 Å². The minimum atomic E-state index is 0.329. The van der Waals surface area contributed by atoms with Gasteiger partial charge < -0.3 is 0 Å². The second-order valence-corrected chi connectivity index (χ2v) is 2.63. The van der Waals surface area contributed by atoms with E-state index in [1.807, 2.05) is 6.07 Å². The number of carbonyl (C=O) groups excluding carboxylic acids is 2. The summed E-state index contributed by atoms with van der Waals surface area (Å²) >= 11 is 0. The fourth-order valence-electron chi connectivity index (χ4n) is 1.07. The zero-order valence-electron chi connectivity index (χ0n) is 7.07. The van der Waals surface area contributed by atoms with Crippen LogP contribution >= 0.6 is 0 Å². The zero-order chi connectivity index (χ0) is 9.84. The second kappa shape index (κ2) is 3.63. The SMILES string of the molecule is Cc1c(C=O)cc(C#N)cc1C=O. The van der Waals surface area contributed by atoms with Crippen LogP contribution < -0.4 is 0 Å². The Kier molecular flexibility index (Phi) is 2.56. The average Bonchev–Trinajstić information content (AvgIpc) is 2.18. The molecule has 0 aliphatic heterocycles. The van der Waals surface area contributed by atoms with Crippen LogP contribution in [0.3, 0.4) is 0 Å². The lowest BCUT2D eigenvalue weighted by molar-refractivity contribution is 0.112. The molecule has 0 aromatic heterocycles. The van der Waals surface area contributed by atoms with Gasteiger partial charge >= 0.3 is 0 Å². The van der Waals surface area contributed by atoms with Crippen LogP contribution in [0.15, 0.2) is 12.1 Å². The molecule has 0 saturated heterocycles. The molecule has 0 radical (unpaired) electrons. The van der Waals surface area contributed by atoms with Crippen molar-refractivity contribution in [3.8, 4) is 6.07 Å². The monoisotopic (exact) mass is 173 g/mol. The molecule has 3 nitrogen and oxygen atoms in total. The highest BCUT2D eigenvalue weighted by molar-refractivity contribution is 5.86. The first-order chi connectivity index (χ1) is 6.22. The van der Waals surface area contributed by atoms with E-state index < -0.39 is 0 Å². The van der Waals surface area contributed by atoms with Gasteiger partial charge in [0, 0.05) is 11.1 Å². The fourth-order valence-corrected chi connectivity index (χ4v) is 1.07. The smallest absolute Gasteiger partial charge is 0.150 e. The predicted octanol–water partition coefficient (Wildman–Crippen LogP) is 1.49. The van der Waals surface area contributed by atoms with Crippen LogP contribution in [-0.4, -0.2) is 12.6 Å². The maximum absolute atomic E-state index is 10.5. The minimum Gasteiger partial charge on any atom is -0.298 e. The number of benzene rings is 1. The second-order valence-electron chi connectivity index (χ2n) is 2.63. The number of hydrogen-bond donors (Lipinski definition) is 0. The van der Waals surface area contributed by atoms with Gasteiger partial charge in [-0.25, -0.2) is 0 Å². The van der Waals surface area contributed by atoms with E-state index in [9.17, 15) is 9.59 Å². The molecule has 0 N–H and O–H groups in total. The van der Waals surface area contributed by atoms with Gasteiger partial charge in [0.05, 0.1) is 11.6 Å². The lowest BCUT2D eigenvalue weighted by Crippen LogP contribution is -1.95. The third kappa shape index (κ3) is 1.62. The van der Waals surface area contributed by atoms with E-state index in [2.05, 4.69) is 0 Å². The Morgan fingerprint density at radius 1 is 1.23 bits per heavy atom. The molecule has 64 valence electrons. The van der Waals surface area contributed by atoms with Crippen molar-refractivity contribution in [2.45, 2.75) is 6.92 Å². The molecule has 0 aliphatic carbocycles. The molecule has 0 aliphatic rings. The quantitative estimate of drug-likeness (QED) is 0.636. The van der Waals surface area contributed by atoms with Gasteiger partial charge in [0.2, 0.25) is 0 Å². The molecule has 1 rings (SSSR count). The molecule has 0 bridgehead atoms. The molecule has 0 unspecified atom stereocenters. The molecule has 0 fully saturated rings. The largest absolute Gasteiger partial charge is 0.298 e. The molecule has 1 aromatic carbocycles. The molecular formula is C10H7NO2. The minimum absolute atomic E-state index is 0.329. The summed E-state index contributed by atoms with van der Waals surface area (Å²) in [6, 6.07) is 4.82. The van der Waals surface area contributed by atoms with Gasteiger partial charge in [-0.05, 0) is 24.6 Å². The van der Waals surface area contributed by atoms with E-state index >= 15 is 0 Å². The summed E-state index contributed by atoms with van der Waals surface area (Å²) in [5.74, 6) is 0. The van der Waals surface area contributed by atoms with Crippen molar-refractivity contribution in [2.24, 2.45) is 0 Å². The number of aldehydes is 2. The number of hydrogen-bond acceptors (Lipinski definition) is 3. The first-order valence-electron chi connectivity index (χ1n) is 3.68. The van der Waals surface area contributed by atoms with Crippen LogP contribution in [-0.2, 0) is 0 Å². The lowest BCUT2D eigenvalue weighted by atomic mass is 10.0. The Balaban J connectivity index is 3.47. The Bertz CT molecular complexity index is 373. The van der Waals surface area contributed by atoms with Gasteiger partial charge in [0.1, 0.15) is 12.6 Å². The summed E-state index contributed by atoms with van der Waals surface area (Å²) in [4.78, 5) is 21.1. The highest BCUT2D eigenvalue weighted by Crippen LogP contribution is 2.13. The molecule has 1 aromatic rings. The fraction of sp³-hybridized carbons (Fsp3) is 0.100. The molecule has 0 saturated carbocycles. The van der Waals surface area contributed by atoms with Gasteiger partial charge in [-0.3, -0.25) is 9.59 Å². The maximum Gasteiger partial charge on any atom is 0.150 e. The van der Waals surface area contributed by atoms with Gasteiger partial charge in [0.25, 0.3) is 0 Å². The number of rotatable bonds is 2. The van der Waals surface area contributed by atoms with Crippen molar-refractivity contribution < 1.29 is 9.59 Å². The van der Waals surface area contributed by atoms with Crippen LogP contribution in [0.4, 0.5) is 0 Å². The summed E-state index contributed by atoms with van der Waals surface area (Å²) in [6.45, 7) is 1.68. The lowest BCUT2D eigenvalue weighted by Gasteiger charge is -2.01. The first kappa shape index (κ1) is 9.14. The van der Waals surface area contributed by atoms with Gasteiger partial charge in [-0.15, -0.1) is 0 Å². The van der Waals surface area contributed by atoms with Crippen LogP contribution in [0, 0.1) is 18.3 Å². The van der Waals surface area contributed by atoms with Gasteiger partial charge in [-0.1, -0.05) is 0 Å². The number of carbonyl (C=O) groups is 2.